The molecule has 4 nitrogen and oxygen atoms in total. The third kappa shape index (κ3) is 3.72. The zero-order valence-corrected chi connectivity index (χ0v) is 14.7. The van der Waals surface area contributed by atoms with E-state index in [1.165, 1.54) is 31.4 Å². The van der Waals surface area contributed by atoms with E-state index in [4.69, 9.17) is 4.52 Å². The number of fused-ring (bicyclic) bond motifs is 1. The van der Waals surface area contributed by atoms with E-state index in [0.717, 1.165) is 62.8 Å². The molecule has 0 spiro atoms. The molecule has 0 unspecified atom stereocenters. The van der Waals surface area contributed by atoms with Crippen LogP contribution in [-0.4, -0.2) is 40.4 Å². The fourth-order valence-corrected chi connectivity index (χ4v) is 4.48. The maximum Gasteiger partial charge on any atom is 0.170 e. The Kier molecular flexibility index (Phi) is 4.78. The van der Waals surface area contributed by atoms with Crippen LogP contribution in [-0.2, 0) is 0 Å². The number of benzene rings is 1. The summed E-state index contributed by atoms with van der Waals surface area (Å²) in [6.07, 6.45) is 8.49. The quantitative estimate of drug-likeness (QED) is 0.900. The lowest BCUT2D eigenvalue weighted by molar-refractivity contribution is -0.0130. The van der Waals surface area contributed by atoms with Gasteiger partial charge in [-0.25, -0.2) is 4.39 Å². The Labute approximate surface area is 148 Å². The molecule has 1 aliphatic heterocycles. The van der Waals surface area contributed by atoms with E-state index in [1.54, 1.807) is 6.07 Å². The van der Waals surface area contributed by atoms with E-state index in [1.807, 2.05) is 0 Å². The first-order valence-electron chi connectivity index (χ1n) is 9.63. The molecule has 25 heavy (non-hydrogen) atoms. The van der Waals surface area contributed by atoms with Crippen LogP contribution in [0.15, 0.2) is 22.7 Å². The lowest BCUT2D eigenvalue weighted by atomic mass is 9.82. The highest BCUT2D eigenvalue weighted by Gasteiger charge is 2.31. The molecule has 1 saturated carbocycles. The molecule has 5 heteroatoms. The number of aliphatic hydroxyl groups is 1. The summed E-state index contributed by atoms with van der Waals surface area (Å²) in [7, 11) is 0. The Morgan fingerprint density at radius 3 is 2.72 bits per heavy atom. The van der Waals surface area contributed by atoms with Crippen LogP contribution in [0, 0.1) is 5.82 Å². The Balaban J connectivity index is 1.33. The molecular formula is C20H27FN2O2. The van der Waals surface area contributed by atoms with Gasteiger partial charge in [0.15, 0.2) is 5.58 Å². The van der Waals surface area contributed by atoms with Crippen LogP contribution in [0.25, 0.3) is 11.0 Å². The molecule has 2 fully saturated rings. The summed E-state index contributed by atoms with van der Waals surface area (Å²) in [5, 5.41) is 15.8. The van der Waals surface area contributed by atoms with Gasteiger partial charge in [-0.3, -0.25) is 0 Å². The summed E-state index contributed by atoms with van der Waals surface area (Å²) in [4.78, 5) is 2.46. The summed E-state index contributed by atoms with van der Waals surface area (Å²) >= 11 is 0. The first-order valence-corrected chi connectivity index (χ1v) is 9.63. The van der Waals surface area contributed by atoms with Crippen LogP contribution in [0.3, 0.4) is 0 Å². The van der Waals surface area contributed by atoms with Crippen LogP contribution in [0.5, 0.6) is 0 Å². The van der Waals surface area contributed by atoms with Gasteiger partial charge >= 0.3 is 0 Å². The average Bonchev–Trinajstić information content (AvgIpc) is 3.04. The summed E-state index contributed by atoms with van der Waals surface area (Å²) < 4.78 is 18.6. The molecule has 0 radical (unpaired) electrons. The van der Waals surface area contributed by atoms with E-state index >= 15 is 0 Å². The topological polar surface area (TPSA) is 49.5 Å². The van der Waals surface area contributed by atoms with Crippen molar-refractivity contribution in [2.45, 2.75) is 62.9 Å². The second-order valence-corrected chi connectivity index (χ2v) is 7.86. The van der Waals surface area contributed by atoms with Gasteiger partial charge in [0.1, 0.15) is 5.82 Å². The standard InChI is InChI=1S/C20H27FN2O2/c21-16-4-5-17-18(14-16)25-22-19(17)15-6-11-23(12-7-15)13-10-20(24)8-2-1-3-9-20/h4-5,14-15,24H,1-3,6-13H2. The maximum atomic E-state index is 13.3. The monoisotopic (exact) mass is 346 g/mol. The molecule has 0 amide bonds. The molecule has 4 rings (SSSR count). The number of piperidine rings is 1. The van der Waals surface area contributed by atoms with Crippen molar-refractivity contribution in [2.75, 3.05) is 19.6 Å². The van der Waals surface area contributed by atoms with Gasteiger partial charge in [-0.1, -0.05) is 24.4 Å². The Morgan fingerprint density at radius 2 is 1.96 bits per heavy atom. The molecule has 2 heterocycles. The highest BCUT2D eigenvalue weighted by atomic mass is 19.1. The molecule has 1 saturated heterocycles. The minimum Gasteiger partial charge on any atom is -0.390 e. The number of hydrogen-bond donors (Lipinski definition) is 1. The second-order valence-electron chi connectivity index (χ2n) is 7.86. The first kappa shape index (κ1) is 17.0. The third-order valence-electron chi connectivity index (χ3n) is 6.11. The Hall–Kier alpha value is -1.46. The molecule has 0 bridgehead atoms. The molecule has 0 atom stereocenters. The zero-order chi connectivity index (χ0) is 17.3. The van der Waals surface area contributed by atoms with Gasteiger partial charge in [-0.05, 0) is 57.3 Å². The minimum absolute atomic E-state index is 0.286. The van der Waals surface area contributed by atoms with Crippen LogP contribution >= 0.6 is 0 Å². The lowest BCUT2D eigenvalue weighted by Crippen LogP contribution is -2.39. The van der Waals surface area contributed by atoms with Crippen molar-refractivity contribution in [1.29, 1.82) is 0 Å². The smallest absolute Gasteiger partial charge is 0.170 e. The fraction of sp³-hybridized carbons (Fsp3) is 0.650. The predicted molar refractivity (Wildman–Crippen MR) is 95.0 cm³/mol. The number of halogens is 1. The number of nitrogens with zero attached hydrogens (tertiary/aromatic N) is 2. The summed E-state index contributed by atoms with van der Waals surface area (Å²) in [6, 6.07) is 4.66. The Bertz CT molecular complexity index is 716. The molecular weight excluding hydrogens is 319 g/mol. The normalized spacial score (nSPS) is 22.5. The highest BCUT2D eigenvalue weighted by molar-refractivity contribution is 5.79. The molecule has 136 valence electrons. The molecule has 1 aromatic carbocycles. The van der Waals surface area contributed by atoms with Gasteiger partial charge in [-0.15, -0.1) is 0 Å². The van der Waals surface area contributed by atoms with Crippen molar-refractivity contribution in [3.63, 3.8) is 0 Å². The van der Waals surface area contributed by atoms with Gasteiger partial charge in [0.05, 0.1) is 11.3 Å². The van der Waals surface area contributed by atoms with Crippen molar-refractivity contribution in [2.24, 2.45) is 0 Å². The van der Waals surface area contributed by atoms with E-state index in [-0.39, 0.29) is 5.82 Å². The van der Waals surface area contributed by atoms with Gasteiger partial charge in [0.25, 0.3) is 0 Å². The van der Waals surface area contributed by atoms with Crippen molar-refractivity contribution in [1.82, 2.24) is 10.1 Å². The van der Waals surface area contributed by atoms with E-state index in [9.17, 15) is 9.50 Å². The number of aromatic nitrogens is 1. The summed E-state index contributed by atoms with van der Waals surface area (Å²) in [6.45, 7) is 3.03. The van der Waals surface area contributed by atoms with Gasteiger partial charge < -0.3 is 14.5 Å². The molecule has 1 N–H and O–H groups in total. The summed E-state index contributed by atoms with van der Waals surface area (Å²) in [5.74, 6) is 0.0893. The van der Waals surface area contributed by atoms with Crippen LogP contribution in [0.2, 0.25) is 0 Å². The average molecular weight is 346 g/mol. The van der Waals surface area contributed by atoms with Gasteiger partial charge in [0.2, 0.25) is 0 Å². The van der Waals surface area contributed by atoms with Crippen molar-refractivity contribution in [3.8, 4) is 0 Å². The van der Waals surface area contributed by atoms with Crippen molar-refractivity contribution in [3.05, 3.63) is 29.7 Å². The SMILES string of the molecule is OC1(CCN2CCC(c3noc4cc(F)ccc34)CC2)CCCCC1. The maximum absolute atomic E-state index is 13.3. The van der Waals surface area contributed by atoms with Crippen LogP contribution in [0.4, 0.5) is 4.39 Å². The summed E-state index contributed by atoms with van der Waals surface area (Å²) in [5.41, 5.74) is 1.08. The van der Waals surface area contributed by atoms with Crippen molar-refractivity contribution >= 4 is 11.0 Å². The fourth-order valence-electron chi connectivity index (χ4n) is 4.48. The van der Waals surface area contributed by atoms with Crippen LogP contribution in [0.1, 0.15) is 63.0 Å². The Morgan fingerprint density at radius 1 is 1.20 bits per heavy atom. The lowest BCUT2D eigenvalue weighted by Gasteiger charge is -2.36. The van der Waals surface area contributed by atoms with Gasteiger partial charge in [0, 0.05) is 23.9 Å². The molecule has 2 aromatic rings. The highest BCUT2D eigenvalue weighted by Crippen LogP contribution is 2.34. The van der Waals surface area contributed by atoms with E-state index in [0.29, 0.717) is 11.5 Å². The number of rotatable bonds is 4. The second kappa shape index (κ2) is 7.04. The van der Waals surface area contributed by atoms with Crippen LogP contribution < -0.4 is 0 Å². The number of likely N-dealkylation sites (tertiary alicyclic amines) is 1. The molecule has 1 aliphatic carbocycles. The largest absolute Gasteiger partial charge is 0.390 e. The molecule has 2 aliphatic rings. The predicted octanol–water partition coefficient (Wildman–Crippen LogP) is 4.23. The van der Waals surface area contributed by atoms with E-state index < -0.39 is 5.60 Å². The van der Waals surface area contributed by atoms with Crippen molar-refractivity contribution < 1.29 is 14.0 Å². The third-order valence-corrected chi connectivity index (χ3v) is 6.11. The number of hydrogen-bond acceptors (Lipinski definition) is 4. The molecule has 1 aromatic heterocycles. The minimum atomic E-state index is -0.429. The first-order chi connectivity index (χ1) is 12.1. The van der Waals surface area contributed by atoms with Gasteiger partial charge in [-0.2, -0.15) is 0 Å². The van der Waals surface area contributed by atoms with E-state index in [2.05, 4.69) is 10.1 Å². The zero-order valence-electron chi connectivity index (χ0n) is 14.7.